The van der Waals surface area contributed by atoms with Crippen molar-refractivity contribution in [3.05, 3.63) is 24.3 Å². The van der Waals surface area contributed by atoms with Crippen molar-refractivity contribution in [3.8, 4) is 0 Å². The van der Waals surface area contributed by atoms with Gasteiger partial charge in [0.2, 0.25) is 10.0 Å². The number of nitrogens with zero attached hydrogens (tertiary/aromatic N) is 1. The summed E-state index contributed by atoms with van der Waals surface area (Å²) in [6, 6.07) is 6.38. The molecular weight excluding hydrogens is 260 g/mol. The van der Waals surface area contributed by atoms with Gasteiger partial charge in [0.05, 0.1) is 11.0 Å². The van der Waals surface area contributed by atoms with Crippen molar-refractivity contribution in [1.29, 1.82) is 0 Å². The number of primary sulfonamides is 1. The number of β-amino-alcohol motifs (C(OH)–C–C–N with tert-alkyl or cyclic N) is 1. The van der Waals surface area contributed by atoms with E-state index in [2.05, 4.69) is 0 Å². The summed E-state index contributed by atoms with van der Waals surface area (Å²) in [6.07, 6.45) is 0.453. The standard InChI is InChI=1S/C10H14N2O3S.H2S/c11-16(14,15)10-3-1-8(2-4-10)12-6-5-9(13)7-12;/h1-4,9,13H,5-7H2,(H2,11,14,15);1H2/t9-;/m0./s1. The second-order valence-corrected chi connectivity index (χ2v) is 5.49. The fraction of sp³-hybridized carbons (Fsp3) is 0.400. The van der Waals surface area contributed by atoms with Gasteiger partial charge in [-0.3, -0.25) is 0 Å². The summed E-state index contributed by atoms with van der Waals surface area (Å²) in [5, 5.41) is 14.4. The lowest BCUT2D eigenvalue weighted by atomic mass is 10.3. The first-order valence-corrected chi connectivity index (χ1v) is 6.57. The molecule has 5 nitrogen and oxygen atoms in total. The van der Waals surface area contributed by atoms with Gasteiger partial charge < -0.3 is 10.0 Å². The lowest BCUT2D eigenvalue weighted by Crippen LogP contribution is -2.21. The van der Waals surface area contributed by atoms with Crippen LogP contribution in [0.3, 0.4) is 0 Å². The largest absolute Gasteiger partial charge is 0.391 e. The highest BCUT2D eigenvalue weighted by molar-refractivity contribution is 7.89. The first-order valence-electron chi connectivity index (χ1n) is 5.03. The molecule has 2 rings (SSSR count). The van der Waals surface area contributed by atoms with Crippen LogP contribution in [0.5, 0.6) is 0 Å². The summed E-state index contributed by atoms with van der Waals surface area (Å²) in [4.78, 5) is 2.12. The molecule has 7 heteroatoms. The molecule has 1 aliphatic rings. The zero-order valence-corrected chi connectivity index (χ0v) is 11.0. The molecule has 1 fully saturated rings. The Kier molecular flexibility index (Phi) is 4.42. The van der Waals surface area contributed by atoms with Crippen molar-refractivity contribution >= 4 is 29.2 Å². The number of benzene rings is 1. The van der Waals surface area contributed by atoms with Crippen LogP contribution in [0.15, 0.2) is 29.2 Å². The highest BCUT2D eigenvalue weighted by Gasteiger charge is 2.20. The van der Waals surface area contributed by atoms with Gasteiger partial charge in [-0.2, -0.15) is 13.5 Å². The molecule has 0 aliphatic carbocycles. The topological polar surface area (TPSA) is 83.6 Å². The molecule has 1 aliphatic heterocycles. The highest BCUT2D eigenvalue weighted by Crippen LogP contribution is 2.21. The van der Waals surface area contributed by atoms with E-state index < -0.39 is 10.0 Å². The lowest BCUT2D eigenvalue weighted by molar-refractivity contribution is 0.198. The van der Waals surface area contributed by atoms with Crippen LogP contribution in [0.25, 0.3) is 0 Å². The summed E-state index contributed by atoms with van der Waals surface area (Å²) in [5.41, 5.74) is 0.906. The van der Waals surface area contributed by atoms with Gasteiger partial charge in [0, 0.05) is 18.8 Å². The summed E-state index contributed by atoms with van der Waals surface area (Å²) in [7, 11) is -3.62. The summed E-state index contributed by atoms with van der Waals surface area (Å²) in [5.74, 6) is 0. The SMILES string of the molecule is NS(=O)(=O)c1ccc(N2CC[C@H](O)C2)cc1.S. The maximum Gasteiger partial charge on any atom is 0.238 e. The first kappa shape index (κ1) is 14.3. The zero-order chi connectivity index (χ0) is 11.8. The van der Waals surface area contributed by atoms with Crippen molar-refractivity contribution in [1.82, 2.24) is 0 Å². The van der Waals surface area contributed by atoms with Crippen molar-refractivity contribution in [2.75, 3.05) is 18.0 Å². The van der Waals surface area contributed by atoms with E-state index >= 15 is 0 Å². The average Bonchev–Trinajstić information content (AvgIpc) is 2.64. The molecule has 0 aromatic heterocycles. The Morgan fingerprint density at radius 2 is 1.88 bits per heavy atom. The molecule has 1 aromatic carbocycles. The van der Waals surface area contributed by atoms with Crippen molar-refractivity contribution in [2.45, 2.75) is 17.4 Å². The Morgan fingerprint density at radius 1 is 1.29 bits per heavy atom. The second-order valence-electron chi connectivity index (χ2n) is 3.93. The molecular formula is C10H16N2O3S2. The lowest BCUT2D eigenvalue weighted by Gasteiger charge is -2.17. The molecule has 0 amide bonds. The fourth-order valence-electron chi connectivity index (χ4n) is 1.82. The number of hydrogen-bond donors (Lipinski definition) is 2. The zero-order valence-electron chi connectivity index (χ0n) is 9.20. The quantitative estimate of drug-likeness (QED) is 0.797. The van der Waals surface area contributed by atoms with E-state index in [0.29, 0.717) is 6.54 Å². The second kappa shape index (κ2) is 5.26. The molecule has 3 N–H and O–H groups in total. The minimum Gasteiger partial charge on any atom is -0.391 e. The fourth-order valence-corrected chi connectivity index (χ4v) is 2.34. The third-order valence-electron chi connectivity index (χ3n) is 2.69. The third kappa shape index (κ3) is 3.35. The van der Waals surface area contributed by atoms with Crippen LogP contribution in [0, 0.1) is 0 Å². The molecule has 1 atom stereocenters. The number of hydrogen-bond acceptors (Lipinski definition) is 4. The molecule has 0 unspecified atom stereocenters. The molecule has 1 heterocycles. The van der Waals surface area contributed by atoms with E-state index in [-0.39, 0.29) is 24.5 Å². The van der Waals surface area contributed by atoms with E-state index in [1.165, 1.54) is 12.1 Å². The van der Waals surface area contributed by atoms with Crippen LogP contribution in [0.4, 0.5) is 5.69 Å². The van der Waals surface area contributed by atoms with Crippen LogP contribution in [0.1, 0.15) is 6.42 Å². The van der Waals surface area contributed by atoms with Crippen LogP contribution in [-0.2, 0) is 10.0 Å². The number of anilines is 1. The number of aliphatic hydroxyl groups is 1. The van der Waals surface area contributed by atoms with Gasteiger partial charge in [0.15, 0.2) is 0 Å². The summed E-state index contributed by atoms with van der Waals surface area (Å²) in [6.45, 7) is 1.38. The molecule has 0 saturated carbocycles. The van der Waals surface area contributed by atoms with Crippen molar-refractivity contribution in [2.24, 2.45) is 5.14 Å². The summed E-state index contributed by atoms with van der Waals surface area (Å²) < 4.78 is 22.1. The Labute approximate surface area is 108 Å². The predicted molar refractivity (Wildman–Crippen MR) is 71.0 cm³/mol. The minimum atomic E-state index is -3.62. The Bertz CT molecular complexity index is 473. The smallest absolute Gasteiger partial charge is 0.238 e. The average molecular weight is 276 g/mol. The number of sulfonamides is 1. The van der Waals surface area contributed by atoms with E-state index in [4.69, 9.17) is 5.14 Å². The molecule has 0 bridgehead atoms. The summed E-state index contributed by atoms with van der Waals surface area (Å²) >= 11 is 0. The number of aliphatic hydroxyl groups excluding tert-OH is 1. The molecule has 0 spiro atoms. The monoisotopic (exact) mass is 276 g/mol. The van der Waals surface area contributed by atoms with Crippen molar-refractivity contribution < 1.29 is 13.5 Å². The van der Waals surface area contributed by atoms with E-state index in [1.54, 1.807) is 12.1 Å². The Balaban J connectivity index is 0.00000144. The van der Waals surface area contributed by atoms with Crippen LogP contribution < -0.4 is 10.0 Å². The first-order chi connectivity index (χ1) is 7.47. The van der Waals surface area contributed by atoms with Gasteiger partial charge in [-0.25, -0.2) is 13.6 Å². The van der Waals surface area contributed by atoms with E-state index in [0.717, 1.165) is 18.7 Å². The van der Waals surface area contributed by atoms with Crippen LogP contribution >= 0.6 is 13.5 Å². The molecule has 17 heavy (non-hydrogen) atoms. The number of rotatable bonds is 2. The highest BCUT2D eigenvalue weighted by atomic mass is 32.2. The van der Waals surface area contributed by atoms with Crippen molar-refractivity contribution in [3.63, 3.8) is 0 Å². The normalized spacial score (nSPS) is 20.1. The molecule has 1 aromatic rings. The Hall–Kier alpha value is -0.760. The van der Waals surface area contributed by atoms with E-state index in [9.17, 15) is 13.5 Å². The van der Waals surface area contributed by atoms with Crippen LogP contribution in [-0.4, -0.2) is 32.7 Å². The van der Waals surface area contributed by atoms with E-state index in [1.807, 2.05) is 4.90 Å². The van der Waals surface area contributed by atoms with Gasteiger partial charge in [-0.15, -0.1) is 0 Å². The molecule has 96 valence electrons. The maximum atomic E-state index is 11.0. The van der Waals surface area contributed by atoms with Gasteiger partial charge in [0.1, 0.15) is 0 Å². The number of nitrogens with two attached hydrogens (primary N) is 1. The molecule has 1 saturated heterocycles. The maximum absolute atomic E-state index is 11.0. The third-order valence-corrected chi connectivity index (χ3v) is 3.62. The predicted octanol–water partition coefficient (Wildman–Crippen LogP) is 0.0178. The van der Waals surface area contributed by atoms with Crippen LogP contribution in [0.2, 0.25) is 0 Å². The van der Waals surface area contributed by atoms with Gasteiger partial charge >= 0.3 is 0 Å². The molecule has 0 radical (unpaired) electrons. The van der Waals surface area contributed by atoms with Gasteiger partial charge in [0.25, 0.3) is 0 Å². The van der Waals surface area contributed by atoms with Gasteiger partial charge in [-0.1, -0.05) is 0 Å². The minimum absolute atomic E-state index is 0. The van der Waals surface area contributed by atoms with Gasteiger partial charge in [-0.05, 0) is 30.7 Å². The Morgan fingerprint density at radius 3 is 2.29 bits per heavy atom.